The Kier molecular flexibility index (Phi) is 11.8. The molecule has 0 unspecified atom stereocenters. The summed E-state index contributed by atoms with van der Waals surface area (Å²) in [5, 5.41) is 3.95. The molecule has 0 aliphatic carbocycles. The summed E-state index contributed by atoms with van der Waals surface area (Å²) in [4.78, 5) is 12.1. The third-order valence-electron chi connectivity index (χ3n) is 11.6. The molecule has 0 saturated carbocycles. The monoisotopic (exact) mass is 1000 g/mol. The number of rotatable bonds is 8. The van der Waals surface area contributed by atoms with Gasteiger partial charge in [0.15, 0.2) is 0 Å². The maximum atomic E-state index is 14.8. The van der Waals surface area contributed by atoms with Crippen LogP contribution in [-0.2, 0) is 4.57 Å². The van der Waals surface area contributed by atoms with Gasteiger partial charge in [-0.2, -0.15) is 0 Å². The van der Waals surface area contributed by atoms with Crippen molar-refractivity contribution in [3.05, 3.63) is 113 Å². The Hall–Kier alpha value is -2.91. The number of phosphoric ester groups is 1. The molecule has 6 aromatic rings. The zero-order chi connectivity index (χ0) is 41.4. The molecule has 0 saturated heterocycles. The molecule has 1 aliphatic heterocycles. The highest BCUT2D eigenvalue weighted by atomic mass is 127. The van der Waals surface area contributed by atoms with Crippen LogP contribution in [0.4, 0.5) is 0 Å². The molecule has 1 N–H and O–H groups in total. The van der Waals surface area contributed by atoms with Gasteiger partial charge in [0.2, 0.25) is 0 Å². The molecule has 0 amide bonds. The van der Waals surface area contributed by atoms with Crippen molar-refractivity contribution in [3.8, 4) is 44.9 Å². The molecular weight excluding hydrogens is 949 g/mol. The first-order valence-corrected chi connectivity index (χ1v) is 24.0. The van der Waals surface area contributed by atoms with E-state index in [1.54, 1.807) is 0 Å². The maximum absolute atomic E-state index is 14.8. The lowest BCUT2D eigenvalue weighted by molar-refractivity contribution is 0.295. The lowest BCUT2D eigenvalue weighted by atomic mass is 9.78. The van der Waals surface area contributed by atoms with Crippen molar-refractivity contribution in [2.75, 3.05) is 0 Å². The minimum absolute atomic E-state index is 0.181. The van der Waals surface area contributed by atoms with Crippen LogP contribution in [0, 0.1) is 7.14 Å². The van der Waals surface area contributed by atoms with Crippen molar-refractivity contribution in [1.29, 1.82) is 0 Å². The maximum Gasteiger partial charge on any atom is 0.584 e. The predicted molar refractivity (Wildman–Crippen MR) is 259 cm³/mol. The summed E-state index contributed by atoms with van der Waals surface area (Å²) >= 11 is 4.77. The summed E-state index contributed by atoms with van der Waals surface area (Å²) in [6, 6.07) is 26.6. The van der Waals surface area contributed by atoms with Gasteiger partial charge in [0.05, 0.1) is 0 Å². The quantitative estimate of drug-likeness (QED) is 0.122. The summed E-state index contributed by atoms with van der Waals surface area (Å²) < 4.78 is 30.1. The molecule has 0 aromatic heterocycles. The second kappa shape index (κ2) is 15.9. The number of hydrogen-bond acceptors (Lipinski definition) is 3. The van der Waals surface area contributed by atoms with Crippen molar-refractivity contribution in [2.24, 2.45) is 0 Å². The first kappa shape index (κ1) is 42.2. The van der Waals surface area contributed by atoms with Gasteiger partial charge >= 0.3 is 7.82 Å². The molecular formula is C50H55I2O4P. The van der Waals surface area contributed by atoms with Gasteiger partial charge in [-0.15, -0.1) is 0 Å². The van der Waals surface area contributed by atoms with E-state index in [1.165, 1.54) is 33.4 Å². The van der Waals surface area contributed by atoms with Crippen LogP contribution in [0.5, 0.6) is 11.5 Å². The molecule has 0 radical (unpaired) electrons. The Morgan fingerprint density at radius 1 is 0.456 bits per heavy atom. The minimum Gasteiger partial charge on any atom is -0.394 e. The number of fused-ring (bicyclic) bond motifs is 7. The normalized spacial score (nSPS) is 13.9. The van der Waals surface area contributed by atoms with Crippen molar-refractivity contribution >= 4 is 74.5 Å². The van der Waals surface area contributed by atoms with Crippen LogP contribution in [-0.4, -0.2) is 4.89 Å². The van der Waals surface area contributed by atoms with Crippen LogP contribution in [0.15, 0.2) is 72.8 Å². The summed E-state index contributed by atoms with van der Waals surface area (Å²) in [5.74, 6) is 2.17. The summed E-state index contributed by atoms with van der Waals surface area (Å²) in [5.41, 5.74) is 12.6. The predicted octanol–water partition coefficient (Wildman–Crippen LogP) is 16.8. The van der Waals surface area contributed by atoms with E-state index in [1.807, 2.05) is 0 Å². The van der Waals surface area contributed by atoms with E-state index >= 15 is 0 Å². The molecule has 0 bridgehead atoms. The molecule has 4 nitrogen and oxygen atoms in total. The molecule has 0 fully saturated rings. The third-order valence-corrected chi connectivity index (χ3v) is 13.7. The van der Waals surface area contributed by atoms with Crippen molar-refractivity contribution in [1.82, 2.24) is 0 Å². The van der Waals surface area contributed by atoms with Crippen molar-refractivity contribution < 1.29 is 18.5 Å². The molecule has 1 aliphatic rings. The van der Waals surface area contributed by atoms with Crippen LogP contribution >= 0.6 is 53.0 Å². The average molecular weight is 1000 g/mol. The second-order valence-electron chi connectivity index (χ2n) is 17.7. The van der Waals surface area contributed by atoms with Crippen LogP contribution in [0.1, 0.15) is 152 Å². The average Bonchev–Trinajstić information content (AvgIpc) is 3.25. The van der Waals surface area contributed by atoms with E-state index < -0.39 is 7.82 Å². The molecule has 7 heteroatoms. The standard InChI is InChI=1S/C50H55I2O4P/c1-25(2)31-19-39(27(5)6)45(40(20-31)28(7)8)43-23-33-17-35(51)13-15-37(33)47-48-38-16-14-36(52)18-34(38)24-44(50(48)56-57(53,54)55-49(43)47)46-41(29(9)10)21-32(26(3)4)22-42(46)30(11)12/h13-30H,1-12H3,(H,53,54). The number of hydrogen-bond donors (Lipinski definition) is 1. The Morgan fingerprint density at radius 2 is 0.772 bits per heavy atom. The van der Waals surface area contributed by atoms with Crippen molar-refractivity contribution in [2.45, 2.75) is 119 Å². The Morgan fingerprint density at radius 3 is 1.05 bits per heavy atom. The van der Waals surface area contributed by atoms with E-state index in [0.29, 0.717) is 23.3 Å². The minimum atomic E-state index is -4.77. The first-order valence-electron chi connectivity index (χ1n) is 20.4. The highest BCUT2D eigenvalue weighted by molar-refractivity contribution is 14.1. The van der Waals surface area contributed by atoms with E-state index in [4.69, 9.17) is 9.05 Å². The Bertz CT molecular complexity index is 2380. The van der Waals surface area contributed by atoms with Gasteiger partial charge in [-0.1, -0.05) is 119 Å². The lowest BCUT2D eigenvalue weighted by Crippen LogP contribution is -2.06. The van der Waals surface area contributed by atoms with Gasteiger partial charge in [0.1, 0.15) is 11.5 Å². The molecule has 0 atom stereocenters. The third kappa shape index (κ3) is 7.82. The van der Waals surface area contributed by atoms with Gasteiger partial charge in [-0.05, 0) is 183 Å². The van der Waals surface area contributed by atoms with E-state index in [9.17, 15) is 9.46 Å². The topological polar surface area (TPSA) is 55.8 Å². The van der Waals surface area contributed by atoms with Gasteiger partial charge in [-0.3, -0.25) is 4.89 Å². The highest BCUT2D eigenvalue weighted by Gasteiger charge is 2.39. The highest BCUT2D eigenvalue weighted by Crippen LogP contribution is 2.63. The SMILES string of the molecule is CC(C)c1cc(C(C)C)c(-c2cc3cc(I)ccc3c3c2OP(=O)(O)Oc2c(-c4c(C(C)C)cc(C(C)C)cc4C(C)C)cc4cc(I)ccc4c2-3)c(C(C)C)c1. The molecule has 57 heavy (non-hydrogen) atoms. The second-order valence-corrected chi connectivity index (χ2v) is 21.5. The Balaban J connectivity index is 1.76. The number of benzene rings is 6. The largest absolute Gasteiger partial charge is 0.584 e. The van der Waals surface area contributed by atoms with Gasteiger partial charge < -0.3 is 9.05 Å². The van der Waals surface area contributed by atoms with Gasteiger partial charge in [0, 0.05) is 29.4 Å². The van der Waals surface area contributed by atoms with E-state index in [2.05, 4.69) is 201 Å². The molecule has 6 aromatic carbocycles. The molecule has 298 valence electrons. The van der Waals surface area contributed by atoms with E-state index in [0.717, 1.165) is 62.1 Å². The Labute approximate surface area is 367 Å². The summed E-state index contributed by atoms with van der Waals surface area (Å²) in [7, 11) is -4.77. The molecule has 0 spiro atoms. The fourth-order valence-corrected chi connectivity index (χ4v) is 10.5. The van der Waals surface area contributed by atoms with Crippen LogP contribution in [0.3, 0.4) is 0 Å². The van der Waals surface area contributed by atoms with Gasteiger partial charge in [0.25, 0.3) is 0 Å². The zero-order valence-corrected chi connectivity index (χ0v) is 40.5. The smallest absolute Gasteiger partial charge is 0.394 e. The zero-order valence-electron chi connectivity index (χ0n) is 35.3. The number of halogens is 2. The van der Waals surface area contributed by atoms with E-state index in [-0.39, 0.29) is 23.7 Å². The summed E-state index contributed by atoms with van der Waals surface area (Å²) in [6.45, 7) is 26.8. The number of phosphoric acid groups is 1. The lowest BCUT2D eigenvalue weighted by Gasteiger charge is -2.26. The van der Waals surface area contributed by atoms with Crippen LogP contribution < -0.4 is 9.05 Å². The van der Waals surface area contributed by atoms with Gasteiger partial charge in [-0.25, -0.2) is 4.57 Å². The first-order chi connectivity index (χ1) is 26.8. The summed E-state index contributed by atoms with van der Waals surface area (Å²) in [6.07, 6.45) is 0. The molecule has 7 rings (SSSR count). The fourth-order valence-electron chi connectivity index (χ4n) is 8.56. The molecule has 1 heterocycles. The van der Waals surface area contributed by atoms with Crippen LogP contribution in [0.2, 0.25) is 0 Å². The van der Waals surface area contributed by atoms with Crippen LogP contribution in [0.25, 0.3) is 54.9 Å². The fraction of sp³-hybridized carbons (Fsp3) is 0.360. The van der Waals surface area contributed by atoms with Crippen molar-refractivity contribution in [3.63, 3.8) is 0 Å².